The fraction of sp³-hybridized carbons (Fsp3) is 0.455. The zero-order chi connectivity index (χ0) is 22.9. The lowest BCUT2D eigenvalue weighted by Crippen LogP contribution is -2.41. The maximum atomic E-state index is 15.1. The monoisotopic (exact) mass is 448 g/mol. The van der Waals surface area contributed by atoms with Gasteiger partial charge in [0.05, 0.1) is 12.3 Å². The molecule has 0 radical (unpaired) electrons. The van der Waals surface area contributed by atoms with E-state index in [1.165, 1.54) is 21.3 Å². The van der Waals surface area contributed by atoms with Gasteiger partial charge in [-0.25, -0.2) is 8.96 Å². The molecule has 0 spiro atoms. The van der Waals surface area contributed by atoms with E-state index < -0.39 is 26.7 Å². The molecular formula is C22H27FN3O4S+. The molecule has 0 unspecified atom stereocenters. The van der Waals surface area contributed by atoms with Gasteiger partial charge in [0, 0.05) is 5.56 Å². The summed E-state index contributed by atoms with van der Waals surface area (Å²) in [6.07, 6.45) is 1.11. The van der Waals surface area contributed by atoms with E-state index >= 15 is 4.39 Å². The van der Waals surface area contributed by atoms with E-state index in [0.29, 0.717) is 18.4 Å². The summed E-state index contributed by atoms with van der Waals surface area (Å²) in [6.45, 7) is 8.77. The number of hydrogen-bond acceptors (Lipinski definition) is 4. The van der Waals surface area contributed by atoms with Crippen LogP contribution in [0.15, 0.2) is 29.1 Å². The highest BCUT2D eigenvalue weighted by Gasteiger charge is 2.46. The van der Waals surface area contributed by atoms with Crippen LogP contribution in [0.4, 0.5) is 4.39 Å². The van der Waals surface area contributed by atoms with Gasteiger partial charge in [-0.15, -0.1) is 3.97 Å². The van der Waals surface area contributed by atoms with Crippen LogP contribution in [0.2, 0.25) is 0 Å². The summed E-state index contributed by atoms with van der Waals surface area (Å²) < 4.78 is 52.2. The van der Waals surface area contributed by atoms with Crippen LogP contribution in [0, 0.1) is 19.7 Å². The number of nitrogens with zero attached hydrogens (tertiary/aromatic N) is 3. The van der Waals surface area contributed by atoms with Crippen molar-refractivity contribution in [3.8, 4) is 11.7 Å². The van der Waals surface area contributed by atoms with Crippen LogP contribution in [0.3, 0.4) is 0 Å². The van der Waals surface area contributed by atoms with Crippen molar-refractivity contribution in [1.82, 2.24) is 8.54 Å². The first kappa shape index (κ1) is 21.5. The Labute approximate surface area is 180 Å². The van der Waals surface area contributed by atoms with E-state index in [4.69, 9.17) is 4.74 Å². The average Bonchev–Trinajstić information content (AvgIpc) is 3.44. The summed E-state index contributed by atoms with van der Waals surface area (Å²) in [5.41, 5.74) is 0.683. The van der Waals surface area contributed by atoms with E-state index in [-0.39, 0.29) is 28.4 Å². The number of imidazole rings is 1. The fourth-order valence-electron chi connectivity index (χ4n) is 3.69. The second-order valence-corrected chi connectivity index (χ2v) is 11.3. The van der Waals surface area contributed by atoms with Crippen LogP contribution in [0.5, 0.6) is 6.01 Å². The van der Waals surface area contributed by atoms with Gasteiger partial charge in [0.1, 0.15) is 11.3 Å². The lowest BCUT2D eigenvalue weighted by molar-refractivity contribution is -0.583. The molecular weight excluding hydrogens is 421 g/mol. The van der Waals surface area contributed by atoms with Gasteiger partial charge < -0.3 is 4.74 Å². The van der Waals surface area contributed by atoms with Gasteiger partial charge in [-0.05, 0) is 71.2 Å². The molecule has 0 amide bonds. The van der Waals surface area contributed by atoms with Crippen molar-refractivity contribution in [3.63, 3.8) is 0 Å². The SMILES string of the molecule is Cc1ccc(-[n+]2c(OC(C)(C)C)n(S(=O)(=O)C3CC3)c3cc(C)c(=O)n(C)c32)c(F)c1. The molecule has 1 fully saturated rings. The summed E-state index contributed by atoms with van der Waals surface area (Å²) in [5.74, 6) is -0.542. The number of fused-ring (bicyclic) bond motifs is 1. The maximum absolute atomic E-state index is 15.1. The number of ether oxygens (including phenoxy) is 1. The minimum Gasteiger partial charge on any atom is -0.436 e. The van der Waals surface area contributed by atoms with Crippen LogP contribution < -0.4 is 14.9 Å². The van der Waals surface area contributed by atoms with Gasteiger partial charge in [-0.1, -0.05) is 6.07 Å². The smallest absolute Gasteiger partial charge is 0.421 e. The second kappa shape index (κ2) is 6.91. The minimum atomic E-state index is -3.82. The summed E-state index contributed by atoms with van der Waals surface area (Å²) in [4.78, 5) is 12.8. The number of aryl methyl sites for hydroxylation is 3. The highest BCUT2D eigenvalue weighted by atomic mass is 32.2. The van der Waals surface area contributed by atoms with Crippen LogP contribution in [0.25, 0.3) is 16.9 Å². The lowest BCUT2D eigenvalue weighted by Gasteiger charge is -2.20. The Morgan fingerprint density at radius 1 is 1.16 bits per heavy atom. The zero-order valence-corrected chi connectivity index (χ0v) is 19.4. The molecule has 0 atom stereocenters. The Balaban J connectivity index is 2.25. The van der Waals surface area contributed by atoms with Gasteiger partial charge in [-0.2, -0.15) is 13.0 Å². The molecule has 0 N–H and O–H groups in total. The molecule has 1 aromatic carbocycles. The molecule has 0 saturated heterocycles. The Morgan fingerprint density at radius 3 is 2.35 bits per heavy atom. The van der Waals surface area contributed by atoms with Crippen molar-refractivity contribution in [2.45, 2.75) is 58.3 Å². The first-order valence-corrected chi connectivity index (χ1v) is 11.7. The molecule has 4 rings (SSSR count). The molecule has 2 heterocycles. The second-order valence-electron chi connectivity index (χ2n) is 9.20. The van der Waals surface area contributed by atoms with E-state index in [1.807, 2.05) is 0 Å². The topological polar surface area (TPSA) is 74.2 Å². The summed E-state index contributed by atoms with van der Waals surface area (Å²) in [7, 11) is -2.27. The number of rotatable bonds is 4. The molecule has 2 aromatic heterocycles. The van der Waals surface area contributed by atoms with Crippen molar-refractivity contribution >= 4 is 21.2 Å². The molecule has 3 aromatic rings. The number of benzene rings is 1. The molecule has 9 heteroatoms. The van der Waals surface area contributed by atoms with Gasteiger partial charge in [0.25, 0.3) is 15.7 Å². The zero-order valence-electron chi connectivity index (χ0n) is 18.6. The fourth-order valence-corrected chi connectivity index (χ4v) is 5.47. The van der Waals surface area contributed by atoms with Crippen LogP contribution in [-0.4, -0.2) is 27.8 Å². The Bertz CT molecular complexity index is 1380. The third-order valence-electron chi connectivity index (χ3n) is 5.28. The summed E-state index contributed by atoms with van der Waals surface area (Å²) >= 11 is 0. The third kappa shape index (κ3) is 3.54. The van der Waals surface area contributed by atoms with E-state index in [1.54, 1.807) is 53.8 Å². The highest BCUT2D eigenvalue weighted by molar-refractivity contribution is 7.91. The number of pyridine rings is 1. The van der Waals surface area contributed by atoms with Gasteiger partial charge in [0.2, 0.25) is 0 Å². The van der Waals surface area contributed by atoms with Crippen LogP contribution >= 0.6 is 0 Å². The first-order chi connectivity index (χ1) is 14.3. The molecule has 7 nitrogen and oxygen atoms in total. The molecule has 0 bridgehead atoms. The van der Waals surface area contributed by atoms with Crippen molar-refractivity contribution in [1.29, 1.82) is 0 Å². The Kier molecular flexibility index (Phi) is 4.81. The largest absolute Gasteiger partial charge is 0.436 e. The first-order valence-electron chi connectivity index (χ1n) is 10.2. The molecule has 166 valence electrons. The standard InChI is InChI=1S/C22H27FN3O4S/c1-13-7-10-17(16(23)11-13)25-19-18(12-14(2)20(27)24(19)6)26(21(25)30-22(3,4)5)31(28,29)15-8-9-15/h7,10-12,15H,8-9H2,1-6H3/q+1. The normalized spacial score (nSPS) is 14.9. The van der Waals surface area contributed by atoms with Gasteiger partial charge in [-0.3, -0.25) is 4.79 Å². The predicted octanol–water partition coefficient (Wildman–Crippen LogP) is 2.89. The van der Waals surface area contributed by atoms with Crippen LogP contribution in [-0.2, 0) is 17.1 Å². The summed E-state index contributed by atoms with van der Waals surface area (Å²) in [5, 5.41) is -0.528. The lowest BCUT2D eigenvalue weighted by atomic mass is 10.2. The predicted molar refractivity (Wildman–Crippen MR) is 116 cm³/mol. The van der Waals surface area contributed by atoms with Crippen molar-refractivity contribution in [2.75, 3.05) is 0 Å². The molecule has 1 aliphatic carbocycles. The van der Waals surface area contributed by atoms with E-state index in [9.17, 15) is 13.2 Å². The van der Waals surface area contributed by atoms with Crippen molar-refractivity contribution < 1.29 is 22.1 Å². The van der Waals surface area contributed by atoms with Gasteiger partial charge >= 0.3 is 11.6 Å². The maximum Gasteiger partial charge on any atom is 0.421 e. The quantitative estimate of drug-likeness (QED) is 0.576. The average molecular weight is 449 g/mol. The van der Waals surface area contributed by atoms with Crippen molar-refractivity contribution in [2.24, 2.45) is 7.05 Å². The Hall–Kier alpha value is -2.68. The molecule has 1 aliphatic rings. The molecule has 0 aliphatic heterocycles. The number of halogens is 1. The van der Waals surface area contributed by atoms with E-state index in [2.05, 4.69) is 0 Å². The third-order valence-corrected chi connectivity index (χ3v) is 7.46. The Morgan fingerprint density at radius 2 is 1.81 bits per heavy atom. The molecule has 1 saturated carbocycles. The minimum absolute atomic E-state index is 0.0437. The summed E-state index contributed by atoms with van der Waals surface area (Å²) in [6, 6.07) is 6.16. The van der Waals surface area contributed by atoms with Crippen molar-refractivity contribution in [3.05, 3.63) is 51.6 Å². The molecule has 31 heavy (non-hydrogen) atoms. The highest BCUT2D eigenvalue weighted by Crippen LogP contribution is 2.35. The van der Waals surface area contributed by atoms with Crippen LogP contribution in [0.1, 0.15) is 44.7 Å². The van der Waals surface area contributed by atoms with E-state index in [0.717, 1.165) is 9.54 Å². The van der Waals surface area contributed by atoms with Gasteiger partial charge in [0.15, 0.2) is 11.3 Å². The number of hydrogen-bond donors (Lipinski definition) is 0. The number of aromatic nitrogens is 3.